The van der Waals surface area contributed by atoms with Crippen molar-refractivity contribution in [1.29, 1.82) is 0 Å². The lowest BCUT2D eigenvalue weighted by Gasteiger charge is -2.18. The fraction of sp³-hybridized carbons (Fsp3) is 0.308. The van der Waals surface area contributed by atoms with E-state index in [4.69, 9.17) is 21.1 Å². The lowest BCUT2D eigenvalue weighted by atomic mass is 10.1. The summed E-state index contributed by atoms with van der Waals surface area (Å²) in [4.78, 5) is 52.9. The van der Waals surface area contributed by atoms with E-state index in [2.05, 4.69) is 5.32 Å². The maximum atomic E-state index is 12.9. The molecule has 0 aromatic heterocycles. The van der Waals surface area contributed by atoms with E-state index in [0.29, 0.717) is 30.9 Å². The van der Waals surface area contributed by atoms with E-state index in [1.165, 1.54) is 6.08 Å². The zero-order chi connectivity index (χ0) is 26.4. The van der Waals surface area contributed by atoms with Crippen LogP contribution in [0.5, 0.6) is 11.5 Å². The van der Waals surface area contributed by atoms with Gasteiger partial charge in [0.15, 0.2) is 18.1 Å². The highest BCUT2D eigenvalue weighted by molar-refractivity contribution is 8.18. The van der Waals surface area contributed by atoms with Crippen LogP contribution in [0.15, 0.2) is 47.4 Å². The molecule has 4 amide bonds. The fourth-order valence-electron chi connectivity index (χ4n) is 3.92. The van der Waals surface area contributed by atoms with Gasteiger partial charge in [-0.05, 0) is 67.4 Å². The molecule has 0 bridgehead atoms. The van der Waals surface area contributed by atoms with Gasteiger partial charge in [-0.3, -0.25) is 24.1 Å². The second-order valence-electron chi connectivity index (χ2n) is 8.32. The molecule has 4 rings (SSSR count). The summed E-state index contributed by atoms with van der Waals surface area (Å²) in [7, 11) is 0. The summed E-state index contributed by atoms with van der Waals surface area (Å²) in [5.74, 6) is -0.661. The summed E-state index contributed by atoms with van der Waals surface area (Å²) in [6, 6.07) is 12.1. The number of ether oxygens (including phenoxy) is 2. The summed E-state index contributed by atoms with van der Waals surface area (Å²) >= 11 is 7.21. The van der Waals surface area contributed by atoms with Gasteiger partial charge in [0.1, 0.15) is 6.54 Å². The predicted octanol–water partition coefficient (Wildman–Crippen LogP) is 4.41. The lowest BCUT2D eigenvalue weighted by Crippen LogP contribution is -2.40. The maximum Gasteiger partial charge on any atom is 0.294 e. The quantitative estimate of drug-likeness (QED) is 0.467. The van der Waals surface area contributed by atoms with Crippen molar-refractivity contribution in [3.8, 4) is 11.5 Å². The standard InChI is InChI=1S/C26H26ClN3O6S/c1-2-35-20-13-17(12-19(27)24(20)36-16-22(31)28-18-8-4-3-5-9-18)14-21-25(33)30(26(34)37-21)15-23(32)29-10-6-7-11-29/h3-5,8-9,12-14H,2,6-7,10-11,15-16H2,1H3,(H,28,31)/b21-14-. The first kappa shape index (κ1) is 26.6. The van der Waals surface area contributed by atoms with Crippen LogP contribution in [0, 0.1) is 0 Å². The molecule has 0 radical (unpaired) electrons. The first-order valence-electron chi connectivity index (χ1n) is 11.8. The molecule has 1 N–H and O–H groups in total. The number of halogens is 1. The van der Waals surface area contributed by atoms with E-state index < -0.39 is 11.1 Å². The van der Waals surface area contributed by atoms with Gasteiger partial charge in [-0.1, -0.05) is 29.8 Å². The molecule has 2 heterocycles. The number of carbonyl (C=O) groups is 4. The summed E-state index contributed by atoms with van der Waals surface area (Å²) in [5, 5.41) is 2.40. The molecule has 2 aromatic carbocycles. The molecule has 2 fully saturated rings. The second-order valence-corrected chi connectivity index (χ2v) is 9.72. The highest BCUT2D eigenvalue weighted by Crippen LogP contribution is 2.39. The fourth-order valence-corrected chi connectivity index (χ4v) is 5.03. The van der Waals surface area contributed by atoms with Gasteiger partial charge in [0.2, 0.25) is 5.91 Å². The zero-order valence-corrected chi connectivity index (χ0v) is 21.8. The summed E-state index contributed by atoms with van der Waals surface area (Å²) in [5.41, 5.74) is 1.14. The Kier molecular flexibility index (Phi) is 8.73. The summed E-state index contributed by atoms with van der Waals surface area (Å²) < 4.78 is 11.3. The third kappa shape index (κ3) is 6.64. The van der Waals surface area contributed by atoms with Gasteiger partial charge in [-0.15, -0.1) is 0 Å². The van der Waals surface area contributed by atoms with E-state index in [-0.39, 0.29) is 46.4 Å². The number of benzene rings is 2. The normalized spacial score (nSPS) is 16.4. The van der Waals surface area contributed by atoms with Crippen LogP contribution in [0.25, 0.3) is 6.08 Å². The zero-order valence-electron chi connectivity index (χ0n) is 20.2. The average Bonchev–Trinajstić information content (AvgIpc) is 3.49. The molecule has 0 spiro atoms. The number of amides is 4. The molecule has 2 aromatic rings. The molecule has 194 valence electrons. The topological polar surface area (TPSA) is 105 Å². The van der Waals surface area contributed by atoms with Crippen LogP contribution >= 0.6 is 23.4 Å². The Morgan fingerprint density at radius 3 is 2.54 bits per heavy atom. The van der Waals surface area contributed by atoms with Crippen molar-refractivity contribution in [3.05, 3.63) is 58.0 Å². The number of nitrogens with zero attached hydrogens (tertiary/aromatic N) is 2. The summed E-state index contributed by atoms with van der Waals surface area (Å²) in [6.45, 7) is 2.82. The van der Waals surface area contributed by atoms with Crippen LogP contribution in [0.1, 0.15) is 25.3 Å². The van der Waals surface area contributed by atoms with Crippen molar-refractivity contribution >= 4 is 58.1 Å². The maximum absolute atomic E-state index is 12.9. The van der Waals surface area contributed by atoms with Crippen molar-refractivity contribution in [3.63, 3.8) is 0 Å². The third-order valence-corrected chi connectivity index (χ3v) is 6.85. The van der Waals surface area contributed by atoms with Crippen LogP contribution in [-0.2, 0) is 14.4 Å². The minimum absolute atomic E-state index is 0.174. The molecule has 0 unspecified atom stereocenters. The van der Waals surface area contributed by atoms with Gasteiger partial charge in [-0.25, -0.2) is 0 Å². The van der Waals surface area contributed by atoms with Crippen LogP contribution in [-0.4, -0.2) is 65.6 Å². The molecule has 9 nitrogen and oxygen atoms in total. The minimum atomic E-state index is -0.533. The van der Waals surface area contributed by atoms with Gasteiger partial charge in [0.05, 0.1) is 16.5 Å². The van der Waals surface area contributed by atoms with Crippen LogP contribution in [0.3, 0.4) is 0 Å². The van der Waals surface area contributed by atoms with Gasteiger partial charge in [0.25, 0.3) is 17.1 Å². The molecule has 2 aliphatic rings. The molecular weight excluding hydrogens is 518 g/mol. The Morgan fingerprint density at radius 2 is 1.84 bits per heavy atom. The lowest BCUT2D eigenvalue weighted by molar-refractivity contribution is -0.135. The van der Waals surface area contributed by atoms with Crippen molar-refractivity contribution in [2.45, 2.75) is 19.8 Å². The smallest absolute Gasteiger partial charge is 0.294 e. The third-order valence-electron chi connectivity index (χ3n) is 5.66. The molecular formula is C26H26ClN3O6S. The molecule has 0 atom stereocenters. The Hall–Kier alpha value is -3.50. The van der Waals surface area contributed by atoms with Crippen molar-refractivity contribution < 1.29 is 28.7 Å². The van der Waals surface area contributed by atoms with Gasteiger partial charge < -0.3 is 19.7 Å². The van der Waals surface area contributed by atoms with Gasteiger partial charge in [0, 0.05) is 18.8 Å². The molecule has 0 aliphatic carbocycles. The molecule has 0 saturated carbocycles. The predicted molar refractivity (Wildman–Crippen MR) is 142 cm³/mol. The Bertz CT molecular complexity index is 1230. The minimum Gasteiger partial charge on any atom is -0.490 e. The number of rotatable bonds is 9. The Morgan fingerprint density at radius 1 is 1.11 bits per heavy atom. The monoisotopic (exact) mass is 543 g/mol. The number of anilines is 1. The van der Waals surface area contributed by atoms with E-state index >= 15 is 0 Å². The first-order valence-corrected chi connectivity index (χ1v) is 13.0. The van der Waals surface area contributed by atoms with Crippen LogP contribution in [0.2, 0.25) is 5.02 Å². The van der Waals surface area contributed by atoms with Gasteiger partial charge >= 0.3 is 0 Å². The number of hydrogen-bond acceptors (Lipinski definition) is 7. The van der Waals surface area contributed by atoms with Crippen molar-refractivity contribution in [2.24, 2.45) is 0 Å². The van der Waals surface area contributed by atoms with Crippen molar-refractivity contribution in [1.82, 2.24) is 9.80 Å². The Labute approximate surface area is 223 Å². The Balaban J connectivity index is 1.46. The molecule has 2 aliphatic heterocycles. The SMILES string of the molecule is CCOc1cc(/C=C2\SC(=O)N(CC(=O)N3CCCC3)C2=O)cc(Cl)c1OCC(=O)Nc1ccccc1. The van der Waals surface area contributed by atoms with E-state index in [1.807, 2.05) is 6.07 Å². The number of hydrogen-bond donors (Lipinski definition) is 1. The number of para-hydroxylation sites is 1. The molecule has 2 saturated heterocycles. The average molecular weight is 544 g/mol. The number of nitrogens with one attached hydrogen (secondary N) is 1. The number of thioether (sulfide) groups is 1. The number of carbonyl (C=O) groups excluding carboxylic acids is 4. The van der Waals surface area contributed by atoms with Crippen molar-refractivity contribution in [2.75, 3.05) is 38.2 Å². The number of likely N-dealkylation sites (tertiary alicyclic amines) is 1. The van der Waals surface area contributed by atoms with Gasteiger partial charge in [-0.2, -0.15) is 0 Å². The highest BCUT2D eigenvalue weighted by atomic mass is 35.5. The van der Waals surface area contributed by atoms with E-state index in [1.54, 1.807) is 48.2 Å². The number of imide groups is 1. The first-order chi connectivity index (χ1) is 17.9. The summed E-state index contributed by atoms with van der Waals surface area (Å²) in [6.07, 6.45) is 3.37. The van der Waals surface area contributed by atoms with Crippen LogP contribution < -0.4 is 14.8 Å². The highest BCUT2D eigenvalue weighted by Gasteiger charge is 2.37. The second kappa shape index (κ2) is 12.2. The van der Waals surface area contributed by atoms with E-state index in [0.717, 1.165) is 29.5 Å². The molecule has 11 heteroatoms. The van der Waals surface area contributed by atoms with Crippen LogP contribution in [0.4, 0.5) is 10.5 Å². The molecule has 37 heavy (non-hydrogen) atoms. The largest absolute Gasteiger partial charge is 0.490 e. The van der Waals surface area contributed by atoms with E-state index in [9.17, 15) is 19.2 Å².